The van der Waals surface area contributed by atoms with Gasteiger partial charge in [0.1, 0.15) is 5.75 Å². The summed E-state index contributed by atoms with van der Waals surface area (Å²) in [5.41, 5.74) is 3.26. The number of benzene rings is 3. The van der Waals surface area contributed by atoms with E-state index in [0.29, 0.717) is 30.1 Å². The summed E-state index contributed by atoms with van der Waals surface area (Å²) in [5, 5.41) is 8.85. The lowest BCUT2D eigenvalue weighted by Gasteiger charge is -2.11. The second kappa shape index (κ2) is 13.7. The molecule has 0 fully saturated rings. The van der Waals surface area contributed by atoms with Gasteiger partial charge in [-0.05, 0) is 55.2 Å². The zero-order valence-electron chi connectivity index (χ0n) is 19.7. The highest BCUT2D eigenvalue weighted by molar-refractivity contribution is 5.96. The zero-order valence-corrected chi connectivity index (χ0v) is 19.7. The van der Waals surface area contributed by atoms with Gasteiger partial charge in [0.25, 0.3) is 5.91 Å². The van der Waals surface area contributed by atoms with Crippen LogP contribution in [0.15, 0.2) is 78.9 Å². The third kappa shape index (κ3) is 8.62. The molecule has 0 bridgehead atoms. The summed E-state index contributed by atoms with van der Waals surface area (Å²) in [6.45, 7) is 3.43. The molecule has 6 heteroatoms. The minimum Gasteiger partial charge on any atom is -0.494 e. The Morgan fingerprint density at radius 1 is 0.853 bits per heavy atom. The maximum Gasteiger partial charge on any atom is 0.251 e. The average molecular weight is 460 g/mol. The molecule has 0 saturated carbocycles. The van der Waals surface area contributed by atoms with Crippen molar-refractivity contribution in [3.05, 3.63) is 90.0 Å². The number of ether oxygens (including phenoxy) is 1. The summed E-state index contributed by atoms with van der Waals surface area (Å²) in [5.74, 6) is 0.432. The molecule has 0 aliphatic rings. The molecule has 2 amide bonds. The van der Waals surface area contributed by atoms with Crippen LogP contribution in [0.5, 0.6) is 5.75 Å². The van der Waals surface area contributed by atoms with E-state index in [1.807, 2.05) is 48.5 Å². The van der Waals surface area contributed by atoms with Crippen LogP contribution in [0.1, 0.15) is 42.1 Å². The molecule has 3 rings (SSSR count). The molecule has 0 aliphatic carbocycles. The SMILES string of the molecule is CCCCNC(=O)c1cccc(NCC(=O)Nc2cccc(OCCCc3ccccc3)c2)c1. The molecule has 0 heterocycles. The summed E-state index contributed by atoms with van der Waals surface area (Å²) < 4.78 is 5.85. The van der Waals surface area contributed by atoms with Gasteiger partial charge in [0.2, 0.25) is 5.91 Å². The van der Waals surface area contributed by atoms with E-state index >= 15 is 0 Å². The van der Waals surface area contributed by atoms with Gasteiger partial charge < -0.3 is 20.7 Å². The second-order valence-corrected chi connectivity index (χ2v) is 8.06. The number of rotatable bonds is 13. The first-order valence-electron chi connectivity index (χ1n) is 11.8. The number of nitrogens with one attached hydrogen (secondary N) is 3. The third-order valence-electron chi connectivity index (χ3n) is 5.23. The number of hydrogen-bond acceptors (Lipinski definition) is 4. The van der Waals surface area contributed by atoms with Gasteiger partial charge in [-0.1, -0.05) is 55.8 Å². The topological polar surface area (TPSA) is 79.5 Å². The van der Waals surface area contributed by atoms with Crippen LogP contribution in [0.3, 0.4) is 0 Å². The normalized spacial score (nSPS) is 10.4. The van der Waals surface area contributed by atoms with E-state index in [4.69, 9.17) is 4.74 Å². The number of unbranched alkanes of at least 4 members (excludes halogenated alkanes) is 1. The van der Waals surface area contributed by atoms with Crippen LogP contribution in [0.25, 0.3) is 0 Å². The lowest BCUT2D eigenvalue weighted by Crippen LogP contribution is -2.25. The number of anilines is 2. The first-order valence-corrected chi connectivity index (χ1v) is 11.8. The average Bonchev–Trinajstić information content (AvgIpc) is 2.86. The Kier molecular flexibility index (Phi) is 9.99. The van der Waals surface area contributed by atoms with Crippen molar-refractivity contribution >= 4 is 23.2 Å². The summed E-state index contributed by atoms with van der Waals surface area (Å²) >= 11 is 0. The van der Waals surface area contributed by atoms with Gasteiger partial charge in [-0.2, -0.15) is 0 Å². The minimum absolute atomic E-state index is 0.0864. The van der Waals surface area contributed by atoms with E-state index in [1.54, 1.807) is 18.2 Å². The molecule has 0 spiro atoms. The summed E-state index contributed by atoms with van der Waals surface area (Å²) in [4.78, 5) is 24.6. The van der Waals surface area contributed by atoms with E-state index in [-0.39, 0.29) is 18.4 Å². The molecule has 0 atom stereocenters. The molecule has 0 saturated heterocycles. The van der Waals surface area contributed by atoms with Crippen LogP contribution in [0.2, 0.25) is 0 Å². The van der Waals surface area contributed by atoms with Crippen molar-refractivity contribution in [1.82, 2.24) is 5.32 Å². The van der Waals surface area contributed by atoms with E-state index in [2.05, 4.69) is 35.0 Å². The zero-order chi connectivity index (χ0) is 24.0. The summed E-state index contributed by atoms with van der Waals surface area (Å²) in [7, 11) is 0. The predicted molar refractivity (Wildman–Crippen MR) is 138 cm³/mol. The van der Waals surface area contributed by atoms with Gasteiger partial charge in [0.05, 0.1) is 13.2 Å². The van der Waals surface area contributed by atoms with Gasteiger partial charge in [-0.3, -0.25) is 9.59 Å². The standard InChI is InChI=1S/C28H33N3O3/c1-2-3-17-29-28(33)23-13-7-14-24(19-23)30-21-27(32)31-25-15-8-16-26(20-25)34-18-9-12-22-10-5-4-6-11-22/h4-8,10-11,13-16,19-20,30H,2-3,9,12,17-18,21H2,1H3,(H,29,33)(H,31,32). The van der Waals surface area contributed by atoms with Crippen LogP contribution >= 0.6 is 0 Å². The molecule has 3 aromatic carbocycles. The fraction of sp³-hybridized carbons (Fsp3) is 0.286. The van der Waals surface area contributed by atoms with Crippen molar-refractivity contribution < 1.29 is 14.3 Å². The van der Waals surface area contributed by atoms with Crippen LogP contribution in [-0.2, 0) is 11.2 Å². The Morgan fingerprint density at radius 2 is 1.65 bits per heavy atom. The number of hydrogen-bond donors (Lipinski definition) is 3. The van der Waals surface area contributed by atoms with E-state index in [0.717, 1.165) is 31.4 Å². The van der Waals surface area contributed by atoms with Crippen molar-refractivity contribution in [2.24, 2.45) is 0 Å². The number of carbonyl (C=O) groups is 2. The molecule has 0 aliphatic heterocycles. The number of amides is 2. The van der Waals surface area contributed by atoms with Gasteiger partial charge in [-0.15, -0.1) is 0 Å². The molecule has 178 valence electrons. The van der Waals surface area contributed by atoms with E-state index < -0.39 is 0 Å². The lowest BCUT2D eigenvalue weighted by atomic mass is 10.1. The second-order valence-electron chi connectivity index (χ2n) is 8.06. The van der Waals surface area contributed by atoms with Gasteiger partial charge in [0, 0.05) is 29.5 Å². The molecule has 0 aromatic heterocycles. The van der Waals surface area contributed by atoms with Crippen LogP contribution in [0, 0.1) is 0 Å². The van der Waals surface area contributed by atoms with E-state index in [9.17, 15) is 9.59 Å². The molecule has 0 unspecified atom stereocenters. The van der Waals surface area contributed by atoms with Crippen molar-refractivity contribution in [3.8, 4) is 5.75 Å². The smallest absolute Gasteiger partial charge is 0.251 e. The van der Waals surface area contributed by atoms with Crippen molar-refractivity contribution in [1.29, 1.82) is 0 Å². The van der Waals surface area contributed by atoms with Crippen LogP contribution < -0.4 is 20.7 Å². The van der Waals surface area contributed by atoms with Crippen molar-refractivity contribution in [2.75, 3.05) is 30.3 Å². The first kappa shape index (κ1) is 24.8. The molecule has 3 N–H and O–H groups in total. The predicted octanol–water partition coefficient (Wildman–Crippen LogP) is 5.28. The summed E-state index contributed by atoms with van der Waals surface area (Å²) in [6, 6.07) is 24.9. The highest BCUT2D eigenvalue weighted by atomic mass is 16.5. The maximum atomic E-state index is 12.4. The first-order chi connectivity index (χ1) is 16.6. The van der Waals surface area contributed by atoms with Crippen LogP contribution in [-0.4, -0.2) is 31.5 Å². The fourth-order valence-electron chi connectivity index (χ4n) is 3.41. The largest absolute Gasteiger partial charge is 0.494 e. The number of carbonyl (C=O) groups excluding carboxylic acids is 2. The monoisotopic (exact) mass is 459 g/mol. The van der Waals surface area contributed by atoms with Crippen molar-refractivity contribution in [3.63, 3.8) is 0 Å². The summed E-state index contributed by atoms with van der Waals surface area (Å²) in [6.07, 6.45) is 3.86. The van der Waals surface area contributed by atoms with Gasteiger partial charge >= 0.3 is 0 Å². The van der Waals surface area contributed by atoms with Crippen molar-refractivity contribution in [2.45, 2.75) is 32.6 Å². The Labute approximate surface area is 201 Å². The third-order valence-corrected chi connectivity index (χ3v) is 5.23. The lowest BCUT2D eigenvalue weighted by molar-refractivity contribution is -0.114. The molecule has 34 heavy (non-hydrogen) atoms. The Morgan fingerprint density at radius 3 is 2.47 bits per heavy atom. The minimum atomic E-state index is -0.181. The van der Waals surface area contributed by atoms with E-state index in [1.165, 1.54) is 5.56 Å². The Bertz CT molecular complexity index is 1050. The fourth-order valence-corrected chi connectivity index (χ4v) is 3.41. The quantitative estimate of drug-likeness (QED) is 0.304. The Balaban J connectivity index is 1.42. The molecular formula is C28H33N3O3. The number of aryl methyl sites for hydroxylation is 1. The highest BCUT2D eigenvalue weighted by Crippen LogP contribution is 2.18. The maximum absolute atomic E-state index is 12.4. The molecule has 6 nitrogen and oxygen atoms in total. The molecular weight excluding hydrogens is 426 g/mol. The molecule has 0 radical (unpaired) electrons. The van der Waals surface area contributed by atoms with Crippen LogP contribution in [0.4, 0.5) is 11.4 Å². The Hall–Kier alpha value is -3.80. The molecule has 3 aromatic rings. The van der Waals surface area contributed by atoms with Gasteiger partial charge in [-0.25, -0.2) is 0 Å². The van der Waals surface area contributed by atoms with Gasteiger partial charge in [0.15, 0.2) is 0 Å². The highest BCUT2D eigenvalue weighted by Gasteiger charge is 2.07.